The molecule has 32 heavy (non-hydrogen) atoms. The third-order valence-corrected chi connectivity index (χ3v) is 7.02. The minimum absolute atomic E-state index is 0.0112. The van der Waals surface area contributed by atoms with Crippen LogP contribution in [0.3, 0.4) is 0 Å². The van der Waals surface area contributed by atoms with Gasteiger partial charge in [-0.1, -0.05) is 120 Å². The summed E-state index contributed by atoms with van der Waals surface area (Å²) in [7, 11) is 0. The van der Waals surface area contributed by atoms with Gasteiger partial charge in [0.25, 0.3) is 0 Å². The van der Waals surface area contributed by atoms with E-state index in [1.165, 1.54) is 68.3 Å². The molecule has 0 bridgehead atoms. The molecule has 0 fully saturated rings. The van der Waals surface area contributed by atoms with Crippen molar-refractivity contribution in [3.63, 3.8) is 0 Å². The predicted molar refractivity (Wildman–Crippen MR) is 137 cm³/mol. The Morgan fingerprint density at radius 3 is 2.16 bits per heavy atom. The molecule has 1 aromatic heterocycles. The van der Waals surface area contributed by atoms with Crippen LogP contribution in [-0.2, 0) is 18.4 Å². The van der Waals surface area contributed by atoms with Gasteiger partial charge in [0.2, 0.25) is 0 Å². The summed E-state index contributed by atoms with van der Waals surface area (Å²) in [6.07, 6.45) is 15.4. The Morgan fingerprint density at radius 2 is 1.47 bits per heavy atom. The van der Waals surface area contributed by atoms with Gasteiger partial charge in [-0.25, -0.2) is 4.98 Å². The maximum atomic E-state index is 4.98. The van der Waals surface area contributed by atoms with Gasteiger partial charge in [0.1, 0.15) is 5.82 Å². The van der Waals surface area contributed by atoms with Gasteiger partial charge in [-0.2, -0.15) is 0 Å². The number of aryl methyl sites for hydroxylation is 1. The largest absolute Gasteiger partial charge is 0.335 e. The highest BCUT2D eigenvalue weighted by molar-refractivity contribution is 5.33. The zero-order chi connectivity index (χ0) is 22.7. The Bertz CT molecular complexity index is 883. The van der Waals surface area contributed by atoms with E-state index in [1.54, 1.807) is 0 Å². The zero-order valence-electron chi connectivity index (χ0n) is 20.5. The molecule has 172 valence electrons. The van der Waals surface area contributed by atoms with E-state index in [9.17, 15) is 0 Å². The Morgan fingerprint density at radius 1 is 0.812 bits per heavy atom. The lowest BCUT2D eigenvalue weighted by Gasteiger charge is -2.39. The number of imidazole rings is 1. The molecule has 2 aromatic carbocycles. The maximum absolute atomic E-state index is 4.98. The lowest BCUT2D eigenvalue weighted by Crippen LogP contribution is -2.35. The first-order valence-electron chi connectivity index (χ1n) is 12.8. The van der Waals surface area contributed by atoms with Crippen molar-refractivity contribution >= 4 is 0 Å². The first-order valence-corrected chi connectivity index (χ1v) is 12.8. The van der Waals surface area contributed by atoms with Crippen molar-refractivity contribution in [2.75, 3.05) is 0 Å². The molecule has 2 atom stereocenters. The summed E-state index contributed by atoms with van der Waals surface area (Å²) in [6, 6.07) is 22.2. The van der Waals surface area contributed by atoms with E-state index in [0.29, 0.717) is 5.92 Å². The average molecular weight is 431 g/mol. The Labute approximate surface area is 196 Å². The van der Waals surface area contributed by atoms with Gasteiger partial charge in [0.05, 0.1) is 0 Å². The van der Waals surface area contributed by atoms with Crippen LogP contribution in [0.5, 0.6) is 0 Å². The van der Waals surface area contributed by atoms with Gasteiger partial charge in [-0.15, -0.1) is 0 Å². The fraction of sp³-hybridized carbons (Fsp3) is 0.500. The highest BCUT2D eigenvalue weighted by Crippen LogP contribution is 2.44. The van der Waals surface area contributed by atoms with Gasteiger partial charge in [0.15, 0.2) is 0 Å². The number of nitrogens with zero attached hydrogens (tertiary/aromatic N) is 2. The number of rotatable bonds is 14. The predicted octanol–water partition coefficient (Wildman–Crippen LogP) is 8.33. The lowest BCUT2D eigenvalue weighted by molar-refractivity contribution is 0.322. The quantitative estimate of drug-likeness (QED) is 0.235. The Hall–Kier alpha value is -2.35. The van der Waals surface area contributed by atoms with E-state index in [1.807, 2.05) is 6.20 Å². The first kappa shape index (κ1) is 24.3. The van der Waals surface area contributed by atoms with Gasteiger partial charge < -0.3 is 4.57 Å². The number of aromatic nitrogens is 2. The topological polar surface area (TPSA) is 17.8 Å². The van der Waals surface area contributed by atoms with Crippen molar-refractivity contribution < 1.29 is 0 Å². The van der Waals surface area contributed by atoms with Gasteiger partial charge in [-0.3, -0.25) is 0 Å². The van der Waals surface area contributed by atoms with Crippen LogP contribution >= 0.6 is 0 Å². The number of hydrogen-bond acceptors (Lipinski definition) is 1. The second kappa shape index (κ2) is 12.6. The van der Waals surface area contributed by atoms with Crippen LogP contribution in [-0.4, -0.2) is 9.55 Å². The van der Waals surface area contributed by atoms with Crippen molar-refractivity contribution in [2.24, 2.45) is 0 Å². The molecule has 0 saturated heterocycles. The second-order valence-corrected chi connectivity index (χ2v) is 9.53. The normalized spacial score (nSPS) is 14.2. The average Bonchev–Trinajstić information content (AvgIpc) is 3.29. The van der Waals surface area contributed by atoms with Gasteiger partial charge >= 0.3 is 0 Å². The highest BCUT2D eigenvalue weighted by Gasteiger charge is 2.39. The monoisotopic (exact) mass is 430 g/mol. The SMILES string of the molecule is CCCCCCCC(c1nccn1CCCC)C(C)(Cc1ccccc1)c1ccccc1. The lowest BCUT2D eigenvalue weighted by atomic mass is 9.66. The van der Waals surface area contributed by atoms with Crippen molar-refractivity contribution in [3.05, 3.63) is 90.0 Å². The minimum atomic E-state index is -0.0112. The molecule has 2 unspecified atom stereocenters. The first-order chi connectivity index (χ1) is 15.7. The van der Waals surface area contributed by atoms with E-state index < -0.39 is 0 Å². The summed E-state index contributed by atoms with van der Waals surface area (Å²) in [5, 5.41) is 0. The molecule has 0 amide bonds. The molecule has 2 heteroatoms. The Kier molecular flexibility index (Phi) is 9.59. The van der Waals surface area contributed by atoms with Crippen LogP contribution in [0.1, 0.15) is 95.0 Å². The third kappa shape index (κ3) is 6.34. The molecule has 0 N–H and O–H groups in total. The van der Waals surface area contributed by atoms with E-state index in [0.717, 1.165) is 13.0 Å². The molecule has 3 rings (SSSR count). The van der Waals surface area contributed by atoms with Crippen LogP contribution in [0.25, 0.3) is 0 Å². The molecule has 0 aliphatic heterocycles. The van der Waals surface area contributed by atoms with Gasteiger partial charge in [-0.05, 0) is 30.4 Å². The molecule has 2 nitrogen and oxygen atoms in total. The van der Waals surface area contributed by atoms with Crippen LogP contribution < -0.4 is 0 Å². The molecular formula is C30H42N2. The molecule has 3 aromatic rings. The summed E-state index contributed by atoms with van der Waals surface area (Å²) in [5.74, 6) is 1.66. The number of hydrogen-bond donors (Lipinski definition) is 0. The fourth-order valence-corrected chi connectivity index (χ4v) is 5.10. The van der Waals surface area contributed by atoms with Crippen LogP contribution in [0, 0.1) is 0 Å². The summed E-state index contributed by atoms with van der Waals surface area (Å²) >= 11 is 0. The fourth-order valence-electron chi connectivity index (χ4n) is 5.10. The molecular weight excluding hydrogens is 388 g/mol. The summed E-state index contributed by atoms with van der Waals surface area (Å²) in [6.45, 7) is 8.10. The van der Waals surface area contributed by atoms with Crippen LogP contribution in [0.2, 0.25) is 0 Å². The van der Waals surface area contributed by atoms with E-state index in [2.05, 4.69) is 92.2 Å². The molecule has 0 spiro atoms. The number of benzene rings is 2. The molecule has 0 aliphatic carbocycles. The molecule has 0 saturated carbocycles. The van der Waals surface area contributed by atoms with Crippen LogP contribution in [0.15, 0.2) is 73.1 Å². The number of unbranched alkanes of at least 4 members (excludes halogenated alkanes) is 5. The third-order valence-electron chi connectivity index (χ3n) is 7.02. The molecule has 1 heterocycles. The summed E-state index contributed by atoms with van der Waals surface area (Å²) in [5.41, 5.74) is 2.82. The van der Waals surface area contributed by atoms with E-state index in [-0.39, 0.29) is 5.41 Å². The maximum Gasteiger partial charge on any atom is 0.112 e. The highest BCUT2D eigenvalue weighted by atomic mass is 15.1. The van der Waals surface area contributed by atoms with Gasteiger partial charge in [0, 0.05) is 30.3 Å². The van der Waals surface area contributed by atoms with Crippen molar-refractivity contribution in [3.8, 4) is 0 Å². The van der Waals surface area contributed by atoms with Crippen molar-refractivity contribution in [1.82, 2.24) is 9.55 Å². The zero-order valence-corrected chi connectivity index (χ0v) is 20.5. The smallest absolute Gasteiger partial charge is 0.112 e. The van der Waals surface area contributed by atoms with Crippen LogP contribution in [0.4, 0.5) is 0 Å². The second-order valence-electron chi connectivity index (χ2n) is 9.53. The molecule has 0 aliphatic rings. The minimum Gasteiger partial charge on any atom is -0.335 e. The summed E-state index contributed by atoms with van der Waals surface area (Å²) in [4.78, 5) is 4.98. The van der Waals surface area contributed by atoms with Crippen molar-refractivity contribution in [2.45, 2.75) is 96.4 Å². The van der Waals surface area contributed by atoms with E-state index >= 15 is 0 Å². The van der Waals surface area contributed by atoms with E-state index in [4.69, 9.17) is 4.98 Å². The van der Waals surface area contributed by atoms with Crippen molar-refractivity contribution in [1.29, 1.82) is 0 Å². The Balaban J connectivity index is 1.99. The standard InChI is InChI=1S/C30H42N2/c1-4-6-8-9-16-21-28(29-31-22-24-32(29)23-7-5-2)30(3,27-19-14-11-15-20-27)25-26-17-12-10-13-18-26/h10-15,17-20,22,24,28H,4-9,16,21,23,25H2,1-3H3. The summed E-state index contributed by atoms with van der Waals surface area (Å²) < 4.78 is 2.44. The molecule has 0 radical (unpaired) electrons.